The molecule has 1 amide bonds. The third kappa shape index (κ3) is 2.86. The molecule has 1 aliphatic heterocycles. The third-order valence-corrected chi connectivity index (χ3v) is 4.22. The predicted molar refractivity (Wildman–Crippen MR) is 78.3 cm³/mol. The first kappa shape index (κ1) is 15.4. The maximum atomic E-state index is 12.6. The largest absolute Gasteiger partial charge is 0.508 e. The van der Waals surface area contributed by atoms with Crippen molar-refractivity contribution in [1.82, 2.24) is 4.90 Å². The van der Waals surface area contributed by atoms with E-state index in [1.54, 1.807) is 19.1 Å². The Balaban J connectivity index is 2.35. The van der Waals surface area contributed by atoms with Gasteiger partial charge in [0.05, 0.1) is 0 Å². The number of aromatic hydroxyl groups is 1. The summed E-state index contributed by atoms with van der Waals surface area (Å²) >= 11 is 0. The van der Waals surface area contributed by atoms with Gasteiger partial charge in [-0.2, -0.15) is 0 Å². The summed E-state index contributed by atoms with van der Waals surface area (Å²) < 4.78 is 0. The monoisotopic (exact) mass is 291 g/mol. The van der Waals surface area contributed by atoms with E-state index in [2.05, 4.69) is 0 Å². The van der Waals surface area contributed by atoms with Gasteiger partial charge in [-0.25, -0.2) is 4.79 Å². The number of likely N-dealkylation sites (tertiary alicyclic amines) is 1. The highest BCUT2D eigenvalue weighted by atomic mass is 16.4. The van der Waals surface area contributed by atoms with Crippen molar-refractivity contribution < 1.29 is 19.8 Å². The summed E-state index contributed by atoms with van der Waals surface area (Å²) in [4.78, 5) is 25.6. The molecule has 5 nitrogen and oxygen atoms in total. The number of hydrogen-bond donors (Lipinski definition) is 2. The maximum absolute atomic E-state index is 12.6. The Morgan fingerprint density at radius 1 is 1.33 bits per heavy atom. The van der Waals surface area contributed by atoms with Gasteiger partial charge in [-0.05, 0) is 42.9 Å². The molecule has 0 aromatic heterocycles. The van der Waals surface area contributed by atoms with Gasteiger partial charge in [0, 0.05) is 12.1 Å². The van der Waals surface area contributed by atoms with Gasteiger partial charge in [-0.3, -0.25) is 4.79 Å². The van der Waals surface area contributed by atoms with Gasteiger partial charge < -0.3 is 15.1 Å². The van der Waals surface area contributed by atoms with Gasteiger partial charge in [0.15, 0.2) is 0 Å². The zero-order valence-electron chi connectivity index (χ0n) is 12.6. The van der Waals surface area contributed by atoms with Crippen molar-refractivity contribution in [3.05, 3.63) is 29.3 Å². The van der Waals surface area contributed by atoms with Crippen LogP contribution < -0.4 is 0 Å². The predicted octanol–water partition coefficient (Wildman–Crippen LogP) is 2.42. The number of carbonyl (C=O) groups is 2. The second-order valence-electron chi connectivity index (χ2n) is 6.33. The average Bonchev–Trinajstić information content (AvgIpc) is 2.39. The molecule has 1 heterocycles. The number of nitrogens with zero attached hydrogens (tertiary/aromatic N) is 1. The van der Waals surface area contributed by atoms with Crippen LogP contribution in [0.5, 0.6) is 5.75 Å². The minimum atomic E-state index is -0.982. The van der Waals surface area contributed by atoms with Crippen LogP contribution >= 0.6 is 0 Å². The summed E-state index contributed by atoms with van der Waals surface area (Å²) in [6.07, 6.45) is 1.55. The van der Waals surface area contributed by atoms with Crippen LogP contribution in [0.4, 0.5) is 0 Å². The Bertz CT molecular complexity index is 580. The van der Waals surface area contributed by atoms with E-state index in [0.29, 0.717) is 17.7 Å². The fourth-order valence-corrected chi connectivity index (χ4v) is 2.99. The maximum Gasteiger partial charge on any atom is 0.326 e. The van der Waals surface area contributed by atoms with Crippen LogP contribution in [0, 0.1) is 12.3 Å². The molecule has 0 aliphatic carbocycles. The number of amides is 1. The van der Waals surface area contributed by atoms with Gasteiger partial charge in [-0.15, -0.1) is 0 Å². The highest BCUT2D eigenvalue weighted by Gasteiger charge is 2.44. The molecule has 1 atom stereocenters. The van der Waals surface area contributed by atoms with Crippen LogP contribution in [0.3, 0.4) is 0 Å². The molecule has 0 spiro atoms. The Labute approximate surface area is 124 Å². The van der Waals surface area contributed by atoms with E-state index in [9.17, 15) is 19.8 Å². The number of phenolic OH excluding ortho intramolecular Hbond substituents is 1. The Morgan fingerprint density at radius 3 is 2.57 bits per heavy atom. The number of rotatable bonds is 2. The third-order valence-electron chi connectivity index (χ3n) is 4.22. The molecule has 0 saturated carbocycles. The second kappa shape index (κ2) is 5.39. The molecule has 2 N–H and O–H groups in total. The standard InChI is InChI=1S/C16H21NO4/c1-10-5-6-11(9-12(10)18)14(19)17-8-4-7-16(2,3)13(17)15(20)21/h5-6,9,13,18H,4,7-8H2,1-3H3,(H,20,21). The normalized spacial score (nSPS) is 21.1. The van der Waals surface area contributed by atoms with Crippen molar-refractivity contribution in [2.45, 2.75) is 39.7 Å². The van der Waals surface area contributed by atoms with Crippen molar-refractivity contribution in [3.8, 4) is 5.75 Å². The lowest BCUT2D eigenvalue weighted by atomic mass is 9.76. The molecule has 1 aromatic rings. The van der Waals surface area contributed by atoms with Crippen molar-refractivity contribution in [2.24, 2.45) is 5.41 Å². The number of carbonyl (C=O) groups excluding carboxylic acids is 1. The van der Waals surface area contributed by atoms with Crippen molar-refractivity contribution in [1.29, 1.82) is 0 Å². The minimum absolute atomic E-state index is 0.0454. The van der Waals surface area contributed by atoms with E-state index in [1.165, 1.54) is 11.0 Å². The molecule has 1 aliphatic rings. The molecule has 2 rings (SSSR count). The molecule has 1 saturated heterocycles. The summed E-state index contributed by atoms with van der Waals surface area (Å²) in [6, 6.07) is 3.84. The number of benzene rings is 1. The summed E-state index contributed by atoms with van der Waals surface area (Å²) in [6.45, 7) is 5.91. The Morgan fingerprint density at radius 2 is 2.00 bits per heavy atom. The number of aryl methyl sites for hydroxylation is 1. The molecule has 1 fully saturated rings. The van der Waals surface area contributed by atoms with Gasteiger partial charge in [0.25, 0.3) is 5.91 Å². The number of phenols is 1. The zero-order valence-corrected chi connectivity index (χ0v) is 12.6. The number of carboxylic acids is 1. The van der Waals surface area contributed by atoms with E-state index in [4.69, 9.17) is 0 Å². The van der Waals surface area contributed by atoms with E-state index < -0.39 is 17.4 Å². The summed E-state index contributed by atoms with van der Waals surface area (Å²) in [5.74, 6) is -1.28. The van der Waals surface area contributed by atoms with E-state index in [1.807, 2.05) is 13.8 Å². The molecule has 114 valence electrons. The molecule has 0 radical (unpaired) electrons. The molecular weight excluding hydrogens is 270 g/mol. The van der Waals surface area contributed by atoms with Gasteiger partial charge >= 0.3 is 5.97 Å². The Kier molecular flexibility index (Phi) is 3.94. The summed E-state index contributed by atoms with van der Waals surface area (Å²) in [5.41, 5.74) is 0.536. The van der Waals surface area contributed by atoms with Crippen LogP contribution in [-0.2, 0) is 4.79 Å². The van der Waals surface area contributed by atoms with Crippen LogP contribution in [0.1, 0.15) is 42.6 Å². The fourth-order valence-electron chi connectivity index (χ4n) is 2.99. The van der Waals surface area contributed by atoms with Crippen LogP contribution in [0.15, 0.2) is 18.2 Å². The van der Waals surface area contributed by atoms with E-state index >= 15 is 0 Å². The summed E-state index contributed by atoms with van der Waals surface area (Å²) in [7, 11) is 0. The SMILES string of the molecule is Cc1ccc(C(=O)N2CCCC(C)(C)C2C(=O)O)cc1O. The average molecular weight is 291 g/mol. The molecular formula is C16H21NO4. The van der Waals surface area contributed by atoms with Gasteiger partial charge in [-0.1, -0.05) is 19.9 Å². The van der Waals surface area contributed by atoms with Crippen LogP contribution in [-0.4, -0.2) is 39.6 Å². The first-order chi connectivity index (χ1) is 9.74. The Hall–Kier alpha value is -2.04. The second-order valence-corrected chi connectivity index (χ2v) is 6.33. The molecule has 5 heteroatoms. The number of carboxylic acid groups (broad SMARTS) is 1. The lowest BCUT2D eigenvalue weighted by molar-refractivity contribution is -0.148. The highest BCUT2D eigenvalue weighted by molar-refractivity contribution is 5.97. The number of aliphatic carboxylic acids is 1. The quantitative estimate of drug-likeness (QED) is 0.877. The topological polar surface area (TPSA) is 77.8 Å². The molecule has 1 aromatic carbocycles. The van der Waals surface area contributed by atoms with Crippen molar-refractivity contribution >= 4 is 11.9 Å². The van der Waals surface area contributed by atoms with E-state index in [0.717, 1.165) is 12.8 Å². The van der Waals surface area contributed by atoms with E-state index in [-0.39, 0.29) is 11.7 Å². The number of hydrogen-bond acceptors (Lipinski definition) is 3. The highest BCUT2D eigenvalue weighted by Crippen LogP contribution is 2.36. The fraction of sp³-hybridized carbons (Fsp3) is 0.500. The molecule has 21 heavy (non-hydrogen) atoms. The van der Waals surface area contributed by atoms with Gasteiger partial charge in [0.1, 0.15) is 11.8 Å². The van der Waals surface area contributed by atoms with Crippen molar-refractivity contribution in [2.75, 3.05) is 6.54 Å². The smallest absolute Gasteiger partial charge is 0.326 e. The molecule has 0 bridgehead atoms. The lowest BCUT2D eigenvalue weighted by Crippen LogP contribution is -2.56. The van der Waals surface area contributed by atoms with Gasteiger partial charge in [0.2, 0.25) is 0 Å². The first-order valence-corrected chi connectivity index (χ1v) is 7.07. The minimum Gasteiger partial charge on any atom is -0.508 e. The van der Waals surface area contributed by atoms with Crippen LogP contribution in [0.25, 0.3) is 0 Å². The number of piperidine rings is 1. The van der Waals surface area contributed by atoms with Crippen molar-refractivity contribution in [3.63, 3.8) is 0 Å². The van der Waals surface area contributed by atoms with Crippen LogP contribution in [0.2, 0.25) is 0 Å². The molecule has 1 unspecified atom stereocenters. The zero-order chi connectivity index (χ0) is 15.8. The lowest BCUT2D eigenvalue weighted by Gasteiger charge is -2.44. The first-order valence-electron chi connectivity index (χ1n) is 7.07. The summed E-state index contributed by atoms with van der Waals surface area (Å²) in [5, 5.41) is 19.2.